The van der Waals surface area contributed by atoms with Crippen LogP contribution in [-0.2, 0) is 21.2 Å². The molecule has 2 aromatic carbocycles. The summed E-state index contributed by atoms with van der Waals surface area (Å²) >= 11 is 0. The van der Waals surface area contributed by atoms with Gasteiger partial charge in [0.2, 0.25) is 0 Å². The lowest BCUT2D eigenvalue weighted by molar-refractivity contribution is -0.0527. The Kier molecular flexibility index (Phi) is 8.40. The number of rotatable bonds is 8. The number of carbonyl (C=O) groups is 2. The molecule has 0 saturated heterocycles. The molecule has 1 aliphatic heterocycles. The zero-order chi connectivity index (χ0) is 27.5. The Bertz CT molecular complexity index is 1280. The Hall–Kier alpha value is -3.29. The molecule has 7 nitrogen and oxygen atoms in total. The van der Waals surface area contributed by atoms with Crippen molar-refractivity contribution in [1.29, 1.82) is 0 Å². The first-order valence-corrected chi connectivity index (χ1v) is 12.6. The molecule has 0 spiro atoms. The van der Waals surface area contributed by atoms with E-state index in [1.807, 2.05) is 0 Å². The zero-order valence-electron chi connectivity index (χ0n) is 19.4. The van der Waals surface area contributed by atoms with E-state index in [4.69, 9.17) is 4.74 Å². The second-order valence-corrected chi connectivity index (χ2v) is 9.90. The van der Waals surface area contributed by atoms with E-state index in [9.17, 15) is 44.3 Å². The van der Waals surface area contributed by atoms with Gasteiger partial charge >= 0.3 is 21.6 Å². The van der Waals surface area contributed by atoms with Crippen molar-refractivity contribution in [1.82, 2.24) is 9.21 Å². The summed E-state index contributed by atoms with van der Waals surface area (Å²) in [6, 6.07) is 5.28. The number of alkyl halides is 3. The van der Waals surface area contributed by atoms with Gasteiger partial charge in [0.15, 0.2) is 6.17 Å². The minimum absolute atomic E-state index is 0.188. The first-order chi connectivity index (χ1) is 17.3. The van der Waals surface area contributed by atoms with E-state index in [-0.39, 0.29) is 12.0 Å². The highest BCUT2D eigenvalue weighted by Crippen LogP contribution is 2.39. The molecule has 37 heavy (non-hydrogen) atoms. The number of unbranched alkanes of at least 4 members (excludes halogenated alkanes) is 2. The van der Waals surface area contributed by atoms with Crippen molar-refractivity contribution in [2.75, 3.05) is 13.2 Å². The Morgan fingerprint density at radius 3 is 2.32 bits per heavy atom. The molecule has 14 heteroatoms. The van der Waals surface area contributed by atoms with Gasteiger partial charge in [-0.15, -0.1) is 0 Å². The lowest BCUT2D eigenvalue weighted by Crippen LogP contribution is -2.55. The normalized spacial score (nSPS) is 14.8. The van der Waals surface area contributed by atoms with Gasteiger partial charge in [-0.2, -0.15) is 25.9 Å². The van der Waals surface area contributed by atoms with Crippen LogP contribution in [0.1, 0.15) is 53.8 Å². The maximum absolute atomic E-state index is 14.9. The van der Waals surface area contributed by atoms with E-state index < -0.39 is 86.2 Å². The maximum atomic E-state index is 14.9. The summed E-state index contributed by atoms with van der Waals surface area (Å²) in [6.07, 6.45) is -3.70. The predicted molar refractivity (Wildman–Crippen MR) is 118 cm³/mol. The smallest absolute Gasteiger partial charge is 0.449 e. The molecule has 3 rings (SSSR count). The van der Waals surface area contributed by atoms with Crippen molar-refractivity contribution in [3.05, 3.63) is 70.5 Å². The number of amides is 2. The van der Waals surface area contributed by atoms with Gasteiger partial charge in [-0.25, -0.2) is 18.0 Å². The summed E-state index contributed by atoms with van der Waals surface area (Å²) in [5, 5.41) is 0. The third kappa shape index (κ3) is 5.53. The van der Waals surface area contributed by atoms with Crippen LogP contribution in [0.25, 0.3) is 0 Å². The Morgan fingerprint density at radius 1 is 1.05 bits per heavy atom. The van der Waals surface area contributed by atoms with Crippen LogP contribution in [0.2, 0.25) is 0 Å². The summed E-state index contributed by atoms with van der Waals surface area (Å²) in [5.74, 6) is -4.90. The summed E-state index contributed by atoms with van der Waals surface area (Å²) in [7, 11) is -6.58. The first kappa shape index (κ1) is 28.3. The molecular weight excluding hydrogens is 530 g/mol. The molecule has 0 N–H and O–H groups in total. The third-order valence-corrected chi connectivity index (χ3v) is 7.14. The van der Waals surface area contributed by atoms with E-state index in [1.54, 1.807) is 6.92 Å². The number of benzene rings is 2. The fraction of sp³-hybridized carbons (Fsp3) is 0.391. The highest BCUT2D eigenvalue weighted by molar-refractivity contribution is 7.90. The number of hydrogen-bond donors (Lipinski definition) is 0. The molecule has 1 atom stereocenters. The quantitative estimate of drug-likeness (QED) is 0.329. The lowest BCUT2D eigenvalue weighted by Gasteiger charge is -2.40. The molecular formula is C23H22F6N2O5S. The van der Waals surface area contributed by atoms with E-state index in [0.29, 0.717) is 23.8 Å². The van der Waals surface area contributed by atoms with E-state index in [0.717, 1.165) is 30.3 Å². The molecule has 1 aliphatic rings. The monoisotopic (exact) mass is 552 g/mol. The largest absolute Gasteiger partial charge is 0.516 e. The van der Waals surface area contributed by atoms with Crippen molar-refractivity contribution in [3.63, 3.8) is 0 Å². The number of halogens is 6. The van der Waals surface area contributed by atoms with Crippen LogP contribution in [0.4, 0.5) is 31.1 Å². The number of carbonyl (C=O) groups excluding carboxylic acids is 2. The Labute approximate surface area is 208 Å². The van der Waals surface area contributed by atoms with Gasteiger partial charge in [0.25, 0.3) is 5.91 Å². The molecule has 1 unspecified atom stereocenters. The Morgan fingerprint density at radius 2 is 1.70 bits per heavy atom. The summed E-state index contributed by atoms with van der Waals surface area (Å²) in [4.78, 5) is 26.5. The molecule has 0 bridgehead atoms. The fourth-order valence-electron chi connectivity index (χ4n) is 3.90. The second kappa shape index (κ2) is 11.0. The van der Waals surface area contributed by atoms with Crippen LogP contribution in [0.15, 0.2) is 36.4 Å². The van der Waals surface area contributed by atoms with Crippen molar-refractivity contribution in [2.24, 2.45) is 0 Å². The predicted octanol–water partition coefficient (Wildman–Crippen LogP) is 5.28. The average molecular weight is 552 g/mol. The fourth-order valence-corrected chi connectivity index (χ4v) is 4.86. The standard InChI is InChI=1S/C23H22F6N2O5S/c1-2-3-6-13-36-22(33)31(37(34,35)23(27,28)29)20(15-7-4-5-8-16(15)24)30-12-11-14-17(25)9-10-18(26)19(14)21(30)32/h4-5,7-10,20H,2-3,6,11-13H2,1H3. The van der Waals surface area contributed by atoms with Gasteiger partial charge in [0.1, 0.15) is 17.5 Å². The van der Waals surface area contributed by atoms with E-state index >= 15 is 0 Å². The number of fused-ring (bicyclic) bond motifs is 1. The summed E-state index contributed by atoms with van der Waals surface area (Å²) < 4.78 is 114. The van der Waals surface area contributed by atoms with Gasteiger partial charge in [-0.1, -0.05) is 38.0 Å². The summed E-state index contributed by atoms with van der Waals surface area (Å²) in [6.45, 7) is 0.660. The highest BCUT2D eigenvalue weighted by atomic mass is 32.2. The van der Waals surface area contributed by atoms with E-state index in [1.165, 1.54) is 0 Å². The molecule has 0 fully saturated rings. The highest BCUT2D eigenvalue weighted by Gasteiger charge is 2.57. The Balaban J connectivity index is 2.22. The third-order valence-electron chi connectivity index (χ3n) is 5.69. The van der Waals surface area contributed by atoms with Crippen LogP contribution in [-0.4, -0.2) is 48.3 Å². The van der Waals surface area contributed by atoms with E-state index in [2.05, 4.69) is 0 Å². The van der Waals surface area contributed by atoms with Crippen LogP contribution < -0.4 is 0 Å². The van der Waals surface area contributed by atoms with Gasteiger partial charge in [-0.05, 0) is 31.0 Å². The van der Waals surface area contributed by atoms with Crippen LogP contribution in [0.5, 0.6) is 0 Å². The maximum Gasteiger partial charge on any atom is 0.516 e. The van der Waals surface area contributed by atoms with Crippen molar-refractivity contribution < 1.29 is 49.1 Å². The van der Waals surface area contributed by atoms with Crippen LogP contribution in [0.3, 0.4) is 0 Å². The number of ether oxygens (including phenoxy) is 1. The van der Waals surface area contributed by atoms with Crippen LogP contribution in [0, 0.1) is 17.5 Å². The minimum atomic E-state index is -6.58. The molecule has 0 aliphatic carbocycles. The zero-order valence-corrected chi connectivity index (χ0v) is 20.2. The summed E-state index contributed by atoms with van der Waals surface area (Å²) in [5.41, 5.74) is -8.13. The topological polar surface area (TPSA) is 84.0 Å². The number of nitrogens with zero attached hydrogens (tertiary/aromatic N) is 2. The van der Waals surface area contributed by atoms with Gasteiger partial charge in [0, 0.05) is 17.7 Å². The van der Waals surface area contributed by atoms with Crippen molar-refractivity contribution in [2.45, 2.75) is 44.3 Å². The average Bonchev–Trinajstić information content (AvgIpc) is 2.82. The van der Waals surface area contributed by atoms with Crippen LogP contribution >= 0.6 is 0 Å². The molecule has 2 aromatic rings. The molecule has 0 radical (unpaired) electrons. The molecule has 202 valence electrons. The number of hydrogen-bond acceptors (Lipinski definition) is 5. The van der Waals surface area contributed by atoms with Gasteiger partial charge in [0.05, 0.1) is 12.2 Å². The molecule has 1 heterocycles. The second-order valence-electron chi connectivity index (χ2n) is 8.09. The van der Waals surface area contributed by atoms with Crippen molar-refractivity contribution in [3.8, 4) is 0 Å². The van der Waals surface area contributed by atoms with Gasteiger partial charge in [-0.3, -0.25) is 4.79 Å². The number of sulfonamides is 1. The SMILES string of the molecule is CCCCCOC(=O)N(C(c1ccccc1F)N1CCc2c(F)ccc(F)c2C1=O)S(=O)(=O)C(F)(F)F. The molecule has 2 amide bonds. The minimum Gasteiger partial charge on any atom is -0.449 e. The lowest BCUT2D eigenvalue weighted by atomic mass is 9.96. The van der Waals surface area contributed by atoms with Gasteiger partial charge < -0.3 is 9.64 Å². The molecule has 0 saturated carbocycles. The van der Waals surface area contributed by atoms with Crippen molar-refractivity contribution >= 4 is 22.0 Å². The molecule has 0 aromatic heterocycles. The first-order valence-electron chi connectivity index (χ1n) is 11.1.